The normalized spacial score (nSPS) is 19.4. The first kappa shape index (κ1) is 17.5. The minimum absolute atomic E-state index is 0.0709. The van der Waals surface area contributed by atoms with E-state index in [4.69, 9.17) is 9.26 Å². The Morgan fingerprint density at radius 1 is 1.21 bits per heavy atom. The Morgan fingerprint density at radius 3 is 2.93 bits per heavy atom. The van der Waals surface area contributed by atoms with Gasteiger partial charge in [0.1, 0.15) is 0 Å². The first-order valence-corrected chi connectivity index (χ1v) is 10.4. The molecule has 3 aromatic heterocycles. The summed E-state index contributed by atoms with van der Waals surface area (Å²) in [5, 5.41) is 4.04. The van der Waals surface area contributed by atoms with Crippen LogP contribution in [0.3, 0.4) is 0 Å². The zero-order chi connectivity index (χ0) is 18.9. The second kappa shape index (κ2) is 7.44. The van der Waals surface area contributed by atoms with Gasteiger partial charge in [0.15, 0.2) is 6.10 Å². The number of carbonyl (C=O) groups is 1. The summed E-state index contributed by atoms with van der Waals surface area (Å²) in [6.45, 7) is 1.44. The topological polar surface area (TPSA) is 81.4 Å². The molecule has 2 aliphatic rings. The molecule has 144 valence electrons. The van der Waals surface area contributed by atoms with E-state index in [9.17, 15) is 4.79 Å². The summed E-state index contributed by atoms with van der Waals surface area (Å²) in [7, 11) is 0. The van der Waals surface area contributed by atoms with Crippen molar-refractivity contribution in [1.82, 2.24) is 20.0 Å². The van der Waals surface area contributed by atoms with Crippen molar-refractivity contribution in [3.8, 4) is 11.4 Å². The van der Waals surface area contributed by atoms with Crippen molar-refractivity contribution >= 4 is 17.2 Å². The quantitative estimate of drug-likeness (QED) is 0.676. The average molecular weight is 396 g/mol. The van der Waals surface area contributed by atoms with Crippen LogP contribution in [0, 0.1) is 0 Å². The number of rotatable bonds is 3. The average Bonchev–Trinajstić information content (AvgIpc) is 3.41. The standard InChI is InChI=1S/C20H20N4O3S/c25-20(17-11-14-3-1-2-4-16(14)28-17)24-9-10-26-15(12-24)19-22-18(23-27-19)13-5-7-21-8-6-13/h5-8,11,15H,1-4,9-10,12H2. The number of ether oxygens (including phenoxy) is 1. The Kier molecular flexibility index (Phi) is 4.66. The highest BCUT2D eigenvalue weighted by Gasteiger charge is 2.31. The van der Waals surface area contributed by atoms with Gasteiger partial charge in [0.25, 0.3) is 11.8 Å². The molecule has 0 N–H and O–H groups in total. The summed E-state index contributed by atoms with van der Waals surface area (Å²) in [6, 6.07) is 5.73. The van der Waals surface area contributed by atoms with Gasteiger partial charge in [-0.15, -0.1) is 11.3 Å². The zero-order valence-electron chi connectivity index (χ0n) is 15.3. The molecule has 1 saturated heterocycles. The van der Waals surface area contributed by atoms with Crippen LogP contribution in [0.2, 0.25) is 0 Å². The van der Waals surface area contributed by atoms with Gasteiger partial charge < -0.3 is 14.2 Å². The monoisotopic (exact) mass is 396 g/mol. The number of aromatic nitrogens is 3. The van der Waals surface area contributed by atoms with Crippen molar-refractivity contribution in [3.05, 3.63) is 51.8 Å². The summed E-state index contributed by atoms with van der Waals surface area (Å²) < 4.78 is 11.2. The van der Waals surface area contributed by atoms with E-state index in [-0.39, 0.29) is 5.91 Å². The van der Waals surface area contributed by atoms with Gasteiger partial charge in [0, 0.05) is 29.4 Å². The third kappa shape index (κ3) is 3.33. The van der Waals surface area contributed by atoms with Crippen LogP contribution in [0.4, 0.5) is 0 Å². The molecule has 1 aliphatic heterocycles. The molecule has 4 heterocycles. The lowest BCUT2D eigenvalue weighted by atomic mass is 9.99. The van der Waals surface area contributed by atoms with E-state index < -0.39 is 6.10 Å². The summed E-state index contributed by atoms with van der Waals surface area (Å²) in [5.74, 6) is 0.965. The van der Waals surface area contributed by atoms with Crippen molar-refractivity contribution < 1.29 is 14.1 Å². The van der Waals surface area contributed by atoms with E-state index in [0.29, 0.717) is 31.4 Å². The molecule has 7 nitrogen and oxygen atoms in total. The molecule has 0 spiro atoms. The fourth-order valence-corrected chi connectivity index (χ4v) is 4.94. The van der Waals surface area contributed by atoms with Crippen LogP contribution in [0.15, 0.2) is 35.1 Å². The summed E-state index contributed by atoms with van der Waals surface area (Å²) >= 11 is 1.65. The van der Waals surface area contributed by atoms with Gasteiger partial charge in [-0.1, -0.05) is 5.16 Å². The predicted octanol–water partition coefficient (Wildman–Crippen LogP) is 3.29. The molecule has 0 bridgehead atoms. The molecule has 8 heteroatoms. The van der Waals surface area contributed by atoms with Crippen LogP contribution in [0.25, 0.3) is 11.4 Å². The highest BCUT2D eigenvalue weighted by Crippen LogP contribution is 2.31. The highest BCUT2D eigenvalue weighted by molar-refractivity contribution is 7.14. The Bertz CT molecular complexity index is 961. The maximum atomic E-state index is 13.0. The van der Waals surface area contributed by atoms with Crippen molar-refractivity contribution in [1.29, 1.82) is 0 Å². The van der Waals surface area contributed by atoms with Crippen LogP contribution in [0.5, 0.6) is 0 Å². The third-order valence-corrected chi connectivity index (χ3v) is 6.44. The maximum Gasteiger partial charge on any atom is 0.264 e. The van der Waals surface area contributed by atoms with Gasteiger partial charge in [0.2, 0.25) is 5.82 Å². The first-order valence-electron chi connectivity index (χ1n) is 9.54. The number of morpholine rings is 1. The number of fused-ring (bicyclic) bond motifs is 1. The predicted molar refractivity (Wildman–Crippen MR) is 103 cm³/mol. The van der Waals surface area contributed by atoms with Crippen LogP contribution in [0.1, 0.15) is 44.9 Å². The Balaban J connectivity index is 1.32. The maximum absolute atomic E-state index is 13.0. The fraction of sp³-hybridized carbons (Fsp3) is 0.400. The van der Waals surface area contributed by atoms with Gasteiger partial charge >= 0.3 is 0 Å². The number of nitrogens with zero attached hydrogens (tertiary/aromatic N) is 4. The molecular weight excluding hydrogens is 376 g/mol. The molecule has 28 heavy (non-hydrogen) atoms. The van der Waals surface area contributed by atoms with Crippen LogP contribution < -0.4 is 0 Å². The van der Waals surface area contributed by atoms with Crippen LogP contribution in [-0.2, 0) is 17.6 Å². The highest BCUT2D eigenvalue weighted by atomic mass is 32.1. The van der Waals surface area contributed by atoms with Gasteiger partial charge in [-0.2, -0.15) is 4.98 Å². The number of aryl methyl sites for hydroxylation is 2. The van der Waals surface area contributed by atoms with Crippen molar-refractivity contribution in [3.63, 3.8) is 0 Å². The van der Waals surface area contributed by atoms with E-state index >= 15 is 0 Å². The molecule has 0 aromatic carbocycles. The number of thiophene rings is 1. The van der Waals surface area contributed by atoms with Gasteiger partial charge in [0.05, 0.1) is 18.0 Å². The van der Waals surface area contributed by atoms with Crippen molar-refractivity contribution in [2.45, 2.75) is 31.8 Å². The first-order chi connectivity index (χ1) is 13.8. The Labute approximate surface area is 166 Å². The molecule has 0 radical (unpaired) electrons. The summed E-state index contributed by atoms with van der Waals surface area (Å²) in [5.41, 5.74) is 2.18. The van der Waals surface area contributed by atoms with Crippen LogP contribution in [-0.4, -0.2) is 45.6 Å². The number of hydrogen-bond donors (Lipinski definition) is 0. The molecule has 3 aromatic rings. The van der Waals surface area contributed by atoms with Gasteiger partial charge in [-0.3, -0.25) is 9.78 Å². The molecule has 1 amide bonds. The SMILES string of the molecule is O=C(c1cc2c(s1)CCCC2)N1CCOC(c2nc(-c3ccncc3)no2)C1. The summed E-state index contributed by atoms with van der Waals surface area (Å²) in [4.78, 5) is 25.5. The van der Waals surface area contributed by atoms with Gasteiger partial charge in [-0.25, -0.2) is 0 Å². The number of amides is 1. The molecule has 1 fully saturated rings. The van der Waals surface area contributed by atoms with E-state index in [1.54, 1.807) is 23.7 Å². The smallest absolute Gasteiger partial charge is 0.264 e. The lowest BCUT2D eigenvalue weighted by Gasteiger charge is -2.30. The molecular formula is C20H20N4O3S. The van der Waals surface area contributed by atoms with Crippen LogP contribution >= 0.6 is 11.3 Å². The molecule has 1 aliphatic carbocycles. The number of hydrogen-bond acceptors (Lipinski definition) is 7. The number of pyridine rings is 1. The van der Waals surface area contributed by atoms with Gasteiger partial charge in [-0.05, 0) is 49.4 Å². The van der Waals surface area contributed by atoms with E-state index in [2.05, 4.69) is 21.2 Å². The molecule has 1 unspecified atom stereocenters. The second-order valence-corrected chi connectivity index (χ2v) is 8.21. The molecule has 0 saturated carbocycles. The van der Waals surface area contributed by atoms with Crippen molar-refractivity contribution in [2.24, 2.45) is 0 Å². The lowest BCUT2D eigenvalue weighted by Crippen LogP contribution is -2.42. The van der Waals surface area contributed by atoms with E-state index in [1.165, 1.54) is 23.3 Å². The largest absolute Gasteiger partial charge is 0.365 e. The van der Waals surface area contributed by atoms with E-state index in [0.717, 1.165) is 23.3 Å². The molecule has 1 atom stereocenters. The summed E-state index contributed by atoms with van der Waals surface area (Å²) in [6.07, 6.45) is 7.58. The molecule has 5 rings (SSSR count). The fourth-order valence-electron chi connectivity index (χ4n) is 3.72. The third-order valence-electron chi connectivity index (χ3n) is 5.22. The second-order valence-electron chi connectivity index (χ2n) is 7.07. The Morgan fingerprint density at radius 2 is 2.07 bits per heavy atom. The van der Waals surface area contributed by atoms with Crippen molar-refractivity contribution in [2.75, 3.05) is 19.7 Å². The zero-order valence-corrected chi connectivity index (χ0v) is 16.2. The minimum atomic E-state index is -0.407. The van der Waals surface area contributed by atoms with E-state index in [1.807, 2.05) is 17.0 Å². The minimum Gasteiger partial charge on any atom is -0.365 e. The lowest BCUT2D eigenvalue weighted by molar-refractivity contribution is -0.0365. The Hall–Kier alpha value is -2.58. The number of carbonyl (C=O) groups excluding carboxylic acids is 1.